The highest BCUT2D eigenvalue weighted by Crippen LogP contribution is 2.60. The molecule has 1 aliphatic heterocycles. The van der Waals surface area contributed by atoms with Crippen LogP contribution in [0.2, 0.25) is 0 Å². The molecule has 40 heavy (non-hydrogen) atoms. The standard InChI is InChI=1S/C25H39N6O7PS/c1-13(2)37-23(32)15(4)30-39(34,35-8-9-40-24(33)25(5,6)7)36-10-16-17-14(3)22(38-19(16)17)31-12-29-18-20(26)27-11-28-21(18)31/h11-17,19,22H,8-10H2,1-7H3,(H,30,34)(H2,26,27,28). The lowest BCUT2D eigenvalue weighted by Gasteiger charge is -2.25. The fourth-order valence-corrected chi connectivity index (χ4v) is 7.14. The molecule has 2 aromatic rings. The smallest absolute Gasteiger partial charge is 0.406 e. The van der Waals surface area contributed by atoms with Crippen LogP contribution in [0.3, 0.4) is 0 Å². The first kappa shape index (κ1) is 30.9. The maximum Gasteiger partial charge on any atom is 0.406 e. The van der Waals surface area contributed by atoms with E-state index in [9.17, 15) is 14.2 Å². The molecule has 2 aromatic heterocycles. The highest BCUT2D eigenvalue weighted by Gasteiger charge is 2.63. The lowest BCUT2D eigenvalue weighted by molar-refractivity contribution is -0.149. The maximum atomic E-state index is 13.7. The molecule has 0 bridgehead atoms. The Morgan fingerprint density at radius 3 is 2.58 bits per heavy atom. The lowest BCUT2D eigenvalue weighted by atomic mass is 10.00. The van der Waals surface area contributed by atoms with Gasteiger partial charge in [0.2, 0.25) is 0 Å². The van der Waals surface area contributed by atoms with Crippen molar-refractivity contribution in [1.82, 2.24) is 24.6 Å². The zero-order valence-electron chi connectivity index (χ0n) is 23.9. The van der Waals surface area contributed by atoms with Crippen molar-refractivity contribution >= 4 is 47.6 Å². The minimum atomic E-state index is -3.93. The average molecular weight is 599 g/mol. The molecule has 7 atom stereocenters. The maximum absolute atomic E-state index is 13.7. The van der Waals surface area contributed by atoms with E-state index in [2.05, 4.69) is 27.0 Å². The summed E-state index contributed by atoms with van der Waals surface area (Å²) in [6, 6.07) is -0.931. The molecular formula is C25H39N6O7PS. The number of fused-ring (bicyclic) bond motifs is 2. The first-order valence-corrected chi connectivity index (χ1v) is 15.9. The van der Waals surface area contributed by atoms with Gasteiger partial charge in [-0.1, -0.05) is 39.5 Å². The number of carbonyl (C=O) groups is 2. The van der Waals surface area contributed by atoms with Gasteiger partial charge in [0.15, 0.2) is 16.6 Å². The van der Waals surface area contributed by atoms with E-state index in [1.54, 1.807) is 20.2 Å². The highest BCUT2D eigenvalue weighted by atomic mass is 32.2. The summed E-state index contributed by atoms with van der Waals surface area (Å²) in [5.41, 5.74) is 6.54. The van der Waals surface area contributed by atoms with Crippen molar-refractivity contribution in [2.45, 2.75) is 72.9 Å². The highest BCUT2D eigenvalue weighted by molar-refractivity contribution is 8.13. The Bertz CT molecular complexity index is 1280. The van der Waals surface area contributed by atoms with Crippen LogP contribution in [0.1, 0.15) is 54.7 Å². The molecule has 0 radical (unpaired) electrons. The second kappa shape index (κ2) is 12.0. The van der Waals surface area contributed by atoms with Crippen molar-refractivity contribution in [2.75, 3.05) is 24.7 Å². The van der Waals surface area contributed by atoms with Crippen LogP contribution in [0.25, 0.3) is 11.2 Å². The number of hydrogen-bond acceptors (Lipinski definition) is 12. The summed E-state index contributed by atoms with van der Waals surface area (Å²) in [7, 11) is -3.93. The van der Waals surface area contributed by atoms with Gasteiger partial charge < -0.3 is 15.2 Å². The number of aromatic nitrogens is 4. The van der Waals surface area contributed by atoms with Gasteiger partial charge in [-0.25, -0.2) is 24.6 Å². The number of carbonyl (C=O) groups excluding carboxylic acids is 2. The molecule has 2 aliphatic rings. The van der Waals surface area contributed by atoms with E-state index in [1.807, 2.05) is 25.3 Å². The third kappa shape index (κ3) is 6.85. The normalized spacial score (nSPS) is 26.4. The predicted molar refractivity (Wildman–Crippen MR) is 150 cm³/mol. The van der Waals surface area contributed by atoms with E-state index in [0.29, 0.717) is 22.7 Å². The van der Waals surface area contributed by atoms with E-state index in [1.165, 1.54) is 13.3 Å². The van der Waals surface area contributed by atoms with Crippen LogP contribution in [0, 0.1) is 23.2 Å². The molecule has 3 N–H and O–H groups in total. The summed E-state index contributed by atoms with van der Waals surface area (Å²) in [6.45, 7) is 12.7. The number of esters is 1. The van der Waals surface area contributed by atoms with Crippen molar-refractivity contribution in [2.24, 2.45) is 23.2 Å². The Morgan fingerprint density at radius 2 is 1.95 bits per heavy atom. The van der Waals surface area contributed by atoms with Crippen molar-refractivity contribution in [3.05, 3.63) is 12.7 Å². The Labute approximate surface area is 238 Å². The van der Waals surface area contributed by atoms with Crippen LogP contribution in [-0.4, -0.2) is 67.8 Å². The second-order valence-electron chi connectivity index (χ2n) is 11.5. The zero-order chi connectivity index (χ0) is 29.4. The number of imidazole rings is 1. The molecule has 0 amide bonds. The predicted octanol–water partition coefficient (Wildman–Crippen LogP) is 3.56. The van der Waals surface area contributed by atoms with E-state index in [4.69, 9.17) is 24.3 Å². The largest absolute Gasteiger partial charge is 0.462 e. The van der Waals surface area contributed by atoms with Crippen molar-refractivity contribution in [3.8, 4) is 0 Å². The van der Waals surface area contributed by atoms with Crippen LogP contribution >= 0.6 is 19.5 Å². The van der Waals surface area contributed by atoms with Crippen molar-refractivity contribution < 1.29 is 32.7 Å². The number of hydrogen-bond donors (Lipinski definition) is 2. The summed E-state index contributed by atoms with van der Waals surface area (Å²) in [5, 5.41) is 2.70. The van der Waals surface area contributed by atoms with Gasteiger partial charge >= 0.3 is 13.7 Å². The summed E-state index contributed by atoms with van der Waals surface area (Å²) in [5.74, 6) is 0.286. The number of ether oxygens (including phenoxy) is 2. The quantitative estimate of drug-likeness (QED) is 0.207. The first-order chi connectivity index (χ1) is 18.7. The molecule has 1 saturated carbocycles. The van der Waals surface area contributed by atoms with Crippen LogP contribution in [0.15, 0.2) is 12.7 Å². The molecule has 7 unspecified atom stereocenters. The number of anilines is 1. The Hall–Kier alpha value is -2.09. The number of nitrogens with one attached hydrogen (secondary N) is 1. The number of nitrogens with two attached hydrogens (primary N) is 1. The summed E-state index contributed by atoms with van der Waals surface area (Å²) >= 11 is 1.10. The minimum Gasteiger partial charge on any atom is -0.462 e. The van der Waals surface area contributed by atoms with Crippen LogP contribution < -0.4 is 10.8 Å². The number of thioether (sulfide) groups is 1. The Balaban J connectivity index is 1.36. The SMILES string of the molecule is CC(C)OC(=O)C(C)NP(=O)(OCCSC(=O)C(C)(C)C)OCC1C2OC(n3cnc4c(N)ncnc43)C(C)C12. The molecule has 1 aliphatic carbocycles. The van der Waals surface area contributed by atoms with Crippen molar-refractivity contribution in [3.63, 3.8) is 0 Å². The average Bonchev–Trinajstić information content (AvgIpc) is 3.17. The van der Waals surface area contributed by atoms with Gasteiger partial charge in [0.05, 0.1) is 31.7 Å². The molecule has 13 nitrogen and oxygen atoms in total. The molecule has 3 heterocycles. The summed E-state index contributed by atoms with van der Waals surface area (Å²) in [6.07, 6.45) is 2.33. The van der Waals surface area contributed by atoms with E-state index in [-0.39, 0.29) is 54.5 Å². The second-order valence-corrected chi connectivity index (χ2v) is 14.4. The molecule has 1 saturated heterocycles. The minimum absolute atomic E-state index is 0.00000509. The van der Waals surface area contributed by atoms with E-state index < -0.39 is 25.2 Å². The summed E-state index contributed by atoms with van der Waals surface area (Å²) < 4.78 is 38.6. The fraction of sp³-hybridized carbons (Fsp3) is 0.720. The van der Waals surface area contributed by atoms with Gasteiger partial charge in [0.25, 0.3) is 0 Å². The van der Waals surface area contributed by atoms with Gasteiger partial charge in [-0.05, 0) is 26.7 Å². The number of nitrogens with zero attached hydrogens (tertiary/aromatic N) is 4. The van der Waals surface area contributed by atoms with Crippen molar-refractivity contribution in [1.29, 1.82) is 0 Å². The monoisotopic (exact) mass is 598 g/mol. The van der Waals surface area contributed by atoms with Gasteiger partial charge in [-0.2, -0.15) is 0 Å². The molecule has 0 aromatic carbocycles. The van der Waals surface area contributed by atoms with E-state index >= 15 is 0 Å². The molecule has 222 valence electrons. The van der Waals surface area contributed by atoms with Gasteiger partial charge in [-0.15, -0.1) is 0 Å². The molecule has 2 fully saturated rings. The summed E-state index contributed by atoms with van der Waals surface area (Å²) in [4.78, 5) is 37.2. The third-order valence-electron chi connectivity index (χ3n) is 6.85. The number of rotatable bonds is 12. The molecular weight excluding hydrogens is 559 g/mol. The van der Waals surface area contributed by atoms with Gasteiger partial charge in [0, 0.05) is 23.0 Å². The molecule has 15 heteroatoms. The molecule has 0 spiro atoms. The Morgan fingerprint density at radius 1 is 1.23 bits per heavy atom. The molecule has 4 rings (SSSR count). The van der Waals surface area contributed by atoms with Crippen LogP contribution in [0.4, 0.5) is 5.82 Å². The topological polar surface area (TPSA) is 170 Å². The van der Waals surface area contributed by atoms with Crippen LogP contribution in [-0.2, 0) is 32.7 Å². The number of nitrogen functional groups attached to an aromatic ring is 1. The van der Waals surface area contributed by atoms with E-state index in [0.717, 1.165) is 11.8 Å². The Kier molecular flexibility index (Phi) is 9.28. The zero-order valence-corrected chi connectivity index (χ0v) is 25.6. The third-order valence-corrected chi connectivity index (χ3v) is 9.81. The van der Waals surface area contributed by atoms with Gasteiger partial charge in [0.1, 0.15) is 24.1 Å². The lowest BCUT2D eigenvalue weighted by Crippen LogP contribution is -2.36. The van der Waals surface area contributed by atoms with Gasteiger partial charge in [-0.3, -0.25) is 23.2 Å². The first-order valence-electron chi connectivity index (χ1n) is 13.3. The fourth-order valence-electron chi connectivity index (χ4n) is 4.73. The van der Waals surface area contributed by atoms with Crippen LogP contribution in [0.5, 0.6) is 0 Å².